The Labute approximate surface area is 205 Å². The van der Waals surface area contributed by atoms with Gasteiger partial charge in [0.05, 0.1) is 18.2 Å². The van der Waals surface area contributed by atoms with Crippen molar-refractivity contribution in [1.29, 1.82) is 0 Å². The summed E-state index contributed by atoms with van der Waals surface area (Å²) in [5.41, 5.74) is -1.15. The van der Waals surface area contributed by atoms with Crippen LogP contribution in [0, 0.1) is 0 Å². The maximum Gasteiger partial charge on any atom is 0.416 e. The number of amides is 2. The van der Waals surface area contributed by atoms with E-state index in [0.717, 1.165) is 36.2 Å². The molecule has 2 amide bonds. The zero-order chi connectivity index (χ0) is 26.9. The van der Waals surface area contributed by atoms with Crippen LogP contribution in [-0.4, -0.2) is 49.1 Å². The topological polar surface area (TPSA) is 127 Å². The molecule has 1 unspecified atom stereocenters. The molecule has 1 aliphatic rings. The van der Waals surface area contributed by atoms with Crippen molar-refractivity contribution in [1.82, 2.24) is 20.6 Å². The molecule has 0 spiro atoms. The molecule has 0 fully saturated rings. The molecular weight excluding hydrogens is 501 g/mol. The number of rotatable bonds is 6. The Kier molecular flexibility index (Phi) is 7.25. The fourth-order valence-corrected chi connectivity index (χ4v) is 3.92. The van der Waals surface area contributed by atoms with Gasteiger partial charge in [-0.3, -0.25) is 9.59 Å². The zero-order valence-corrected chi connectivity index (χ0v) is 20.5. The van der Waals surface area contributed by atoms with E-state index >= 15 is 0 Å². The lowest BCUT2D eigenvalue weighted by atomic mass is 9.83. The number of nitrogens with zero attached hydrogens (tertiary/aromatic N) is 2. The van der Waals surface area contributed by atoms with Crippen molar-refractivity contribution in [3.05, 3.63) is 70.6 Å². The molecule has 1 heterocycles. The first kappa shape index (κ1) is 26.9. The molecule has 1 aromatic carbocycles. The summed E-state index contributed by atoms with van der Waals surface area (Å²) < 4.78 is 67.4. The van der Waals surface area contributed by atoms with Gasteiger partial charge in [0, 0.05) is 30.1 Å². The van der Waals surface area contributed by atoms with Crippen LogP contribution in [0.3, 0.4) is 0 Å². The first-order chi connectivity index (χ1) is 16.6. The van der Waals surface area contributed by atoms with Crippen LogP contribution >= 0.6 is 0 Å². The number of carbonyl (C=O) groups is 2. The quantitative estimate of drug-likeness (QED) is 0.556. The number of hydrogen-bond donors (Lipinski definition) is 2. The van der Waals surface area contributed by atoms with Gasteiger partial charge in [0.2, 0.25) is 20.9 Å². The number of ether oxygens (including phenoxy) is 1. The van der Waals surface area contributed by atoms with E-state index in [1.54, 1.807) is 26.0 Å². The summed E-state index contributed by atoms with van der Waals surface area (Å²) in [6.07, 6.45) is 0.727. The molecule has 2 N–H and O–H groups in total. The second-order valence-corrected chi connectivity index (χ2v) is 10.3. The first-order valence-corrected chi connectivity index (χ1v) is 12.3. The van der Waals surface area contributed by atoms with Crippen molar-refractivity contribution < 1.29 is 35.9 Å². The normalized spacial score (nSPS) is 18.1. The van der Waals surface area contributed by atoms with E-state index in [1.807, 2.05) is 0 Å². The molecule has 3 rings (SSSR count). The molecule has 9 nitrogen and oxygen atoms in total. The Morgan fingerprint density at radius 1 is 1.17 bits per heavy atom. The van der Waals surface area contributed by atoms with Gasteiger partial charge in [-0.1, -0.05) is 12.1 Å². The number of carbonyl (C=O) groups excluding carboxylic acids is 2. The smallest absolute Gasteiger partial charge is 0.416 e. The molecule has 0 bridgehead atoms. The molecule has 1 atom stereocenters. The fourth-order valence-electron chi connectivity index (χ4n) is 3.43. The highest BCUT2D eigenvalue weighted by Crippen LogP contribution is 2.31. The first-order valence-electron chi connectivity index (χ1n) is 10.4. The highest BCUT2D eigenvalue weighted by molar-refractivity contribution is 7.90. The Morgan fingerprint density at radius 2 is 1.86 bits per heavy atom. The molecule has 0 saturated carbocycles. The van der Waals surface area contributed by atoms with Crippen molar-refractivity contribution in [3.8, 4) is 5.88 Å². The molecule has 0 saturated heterocycles. The second kappa shape index (κ2) is 9.72. The SMILES string of the molecule is COc1nc(S(C)(=O)=O)ncc1C(=O)NC1(C)CC(NC(=O)c2cccc(C(F)(F)F)c2)=CC=C1C. The third kappa shape index (κ3) is 5.90. The van der Waals surface area contributed by atoms with Gasteiger partial charge in [0.1, 0.15) is 5.56 Å². The van der Waals surface area contributed by atoms with E-state index in [2.05, 4.69) is 20.6 Å². The van der Waals surface area contributed by atoms with Crippen LogP contribution in [0.1, 0.15) is 46.5 Å². The second-order valence-electron chi connectivity index (χ2n) is 8.38. The van der Waals surface area contributed by atoms with Crippen LogP contribution in [0.25, 0.3) is 0 Å². The monoisotopic (exact) mass is 524 g/mol. The highest BCUT2D eigenvalue weighted by Gasteiger charge is 2.34. The summed E-state index contributed by atoms with van der Waals surface area (Å²) in [5.74, 6) is -1.63. The molecule has 1 aromatic heterocycles. The van der Waals surface area contributed by atoms with E-state index in [4.69, 9.17) is 4.74 Å². The fraction of sp³-hybridized carbons (Fsp3) is 0.304. The van der Waals surface area contributed by atoms with Crippen molar-refractivity contribution >= 4 is 21.7 Å². The van der Waals surface area contributed by atoms with Crippen LogP contribution in [0.2, 0.25) is 0 Å². The molecule has 2 aromatic rings. The molecule has 0 aliphatic heterocycles. The number of sulfone groups is 1. The number of nitrogens with one attached hydrogen (secondary N) is 2. The van der Waals surface area contributed by atoms with Gasteiger partial charge < -0.3 is 15.4 Å². The largest absolute Gasteiger partial charge is 0.480 e. The van der Waals surface area contributed by atoms with Gasteiger partial charge in [-0.25, -0.2) is 13.4 Å². The summed E-state index contributed by atoms with van der Waals surface area (Å²) >= 11 is 0. The Bertz CT molecular complexity index is 1390. The Balaban J connectivity index is 1.79. The molecular formula is C23H23F3N4O5S. The van der Waals surface area contributed by atoms with Crippen LogP contribution in [0.5, 0.6) is 5.88 Å². The van der Waals surface area contributed by atoms with Crippen molar-refractivity contribution in [2.24, 2.45) is 0 Å². The summed E-state index contributed by atoms with van der Waals surface area (Å²) in [7, 11) is -2.51. The van der Waals surface area contributed by atoms with Gasteiger partial charge in [0.25, 0.3) is 11.8 Å². The number of halogens is 3. The average Bonchev–Trinajstić information content (AvgIpc) is 2.80. The zero-order valence-electron chi connectivity index (χ0n) is 19.7. The predicted molar refractivity (Wildman–Crippen MR) is 123 cm³/mol. The third-order valence-electron chi connectivity index (χ3n) is 5.57. The molecule has 0 radical (unpaired) electrons. The number of methoxy groups -OCH3 is 1. The van der Waals surface area contributed by atoms with Gasteiger partial charge >= 0.3 is 6.18 Å². The van der Waals surface area contributed by atoms with Crippen LogP contribution in [0.15, 0.2) is 59.0 Å². The minimum atomic E-state index is -4.59. The lowest BCUT2D eigenvalue weighted by Gasteiger charge is -2.35. The molecule has 36 heavy (non-hydrogen) atoms. The molecule has 1 aliphatic carbocycles. The van der Waals surface area contributed by atoms with Crippen LogP contribution in [-0.2, 0) is 16.0 Å². The van der Waals surface area contributed by atoms with Gasteiger partial charge in [-0.05, 0) is 43.7 Å². The van der Waals surface area contributed by atoms with Gasteiger partial charge in [-0.2, -0.15) is 18.2 Å². The maximum absolute atomic E-state index is 13.0. The minimum Gasteiger partial charge on any atom is -0.480 e. The van der Waals surface area contributed by atoms with Crippen molar-refractivity contribution in [2.75, 3.05) is 13.4 Å². The lowest BCUT2D eigenvalue weighted by Crippen LogP contribution is -2.49. The van der Waals surface area contributed by atoms with Gasteiger partial charge in [-0.15, -0.1) is 0 Å². The number of hydrogen-bond acceptors (Lipinski definition) is 7. The van der Waals surface area contributed by atoms with E-state index < -0.39 is 44.1 Å². The van der Waals surface area contributed by atoms with E-state index in [0.29, 0.717) is 5.70 Å². The van der Waals surface area contributed by atoms with Crippen molar-refractivity contribution in [3.63, 3.8) is 0 Å². The minimum absolute atomic E-state index is 0.108. The summed E-state index contributed by atoms with van der Waals surface area (Å²) in [6, 6.07) is 4.04. The van der Waals surface area contributed by atoms with E-state index in [1.165, 1.54) is 13.2 Å². The Morgan fingerprint density at radius 3 is 2.47 bits per heavy atom. The number of benzene rings is 1. The average molecular weight is 525 g/mol. The maximum atomic E-state index is 13.0. The Hall–Kier alpha value is -3.74. The molecule has 192 valence electrons. The van der Waals surface area contributed by atoms with Gasteiger partial charge in [0.15, 0.2) is 0 Å². The van der Waals surface area contributed by atoms with E-state index in [-0.39, 0.29) is 23.4 Å². The summed E-state index contributed by atoms with van der Waals surface area (Å²) in [5, 5.41) is 4.90. The van der Waals surface area contributed by atoms with Crippen molar-refractivity contribution in [2.45, 2.75) is 37.1 Å². The van der Waals surface area contributed by atoms with E-state index in [9.17, 15) is 31.2 Å². The predicted octanol–water partition coefficient (Wildman–Crippen LogP) is 3.06. The van der Waals surface area contributed by atoms with Crippen LogP contribution < -0.4 is 15.4 Å². The number of alkyl halides is 3. The standard InChI is InChI=1S/C23H23F3N4O5S/c1-13-8-9-16(28-18(31)14-6-5-7-15(10-14)23(24,25)26)11-22(13,2)30-19(32)17-12-27-21(36(4,33)34)29-20(17)35-3/h5-10,12H,11H2,1-4H3,(H,28,31)(H,30,32). The third-order valence-corrected chi connectivity index (χ3v) is 6.43. The number of allylic oxidation sites excluding steroid dienone is 2. The summed E-state index contributed by atoms with van der Waals surface area (Å²) in [4.78, 5) is 33.1. The lowest BCUT2D eigenvalue weighted by molar-refractivity contribution is -0.137. The van der Waals surface area contributed by atoms with Crippen LogP contribution in [0.4, 0.5) is 13.2 Å². The molecule has 13 heteroatoms. The summed E-state index contributed by atoms with van der Waals surface area (Å²) in [6.45, 7) is 3.45. The number of aromatic nitrogens is 2. The highest BCUT2D eigenvalue weighted by atomic mass is 32.2.